The molecule has 27 heavy (non-hydrogen) atoms. The van der Waals surface area contributed by atoms with Gasteiger partial charge < -0.3 is 9.47 Å². The lowest BCUT2D eigenvalue weighted by Gasteiger charge is -2.09. The number of benzene rings is 2. The number of rotatable bonds is 5. The van der Waals surface area contributed by atoms with Gasteiger partial charge in [0.05, 0.1) is 25.4 Å². The lowest BCUT2D eigenvalue weighted by atomic mass is 9.90. The highest BCUT2D eigenvalue weighted by Gasteiger charge is 2.25. The average molecular weight is 362 g/mol. The van der Waals surface area contributed by atoms with Gasteiger partial charge in [-0.1, -0.05) is 12.1 Å². The molecule has 1 aliphatic rings. The molecule has 4 heteroatoms. The normalized spacial score (nSPS) is 12.7. The van der Waals surface area contributed by atoms with Crippen LogP contribution in [0.2, 0.25) is 0 Å². The predicted octanol–water partition coefficient (Wildman–Crippen LogP) is 3.91. The Kier molecular flexibility index (Phi) is 5.67. The molecule has 0 saturated carbocycles. The van der Waals surface area contributed by atoms with E-state index in [-0.39, 0.29) is 5.78 Å². The lowest BCUT2D eigenvalue weighted by Crippen LogP contribution is -2.08. The van der Waals surface area contributed by atoms with Crippen molar-refractivity contribution in [2.75, 3.05) is 21.3 Å². The summed E-state index contributed by atoms with van der Waals surface area (Å²) in [5, 5.41) is 0. The molecule has 3 rings (SSSR count). The second kappa shape index (κ2) is 8.32. The molecular weight excluding hydrogens is 340 g/mol. The number of allylic oxidation sites excluding steroid dienone is 6. The van der Waals surface area contributed by atoms with E-state index in [1.54, 1.807) is 21.3 Å². The zero-order valence-electron chi connectivity index (χ0n) is 15.6. The molecule has 0 heterocycles. The summed E-state index contributed by atoms with van der Waals surface area (Å²) < 4.78 is 15.7. The van der Waals surface area contributed by atoms with Crippen LogP contribution in [0, 0.1) is 0 Å². The first-order valence-electron chi connectivity index (χ1n) is 8.52. The van der Waals surface area contributed by atoms with E-state index in [0.29, 0.717) is 5.56 Å². The smallest absolute Gasteiger partial charge is 0.355 e. The van der Waals surface area contributed by atoms with Gasteiger partial charge in [-0.2, -0.15) is 0 Å². The molecule has 0 unspecified atom stereocenters. The Hall–Kier alpha value is -3.40. The first-order chi connectivity index (χ1) is 13.2. The number of hydrogen-bond acceptors (Lipinski definition) is 2. The van der Waals surface area contributed by atoms with Crippen LogP contribution < -0.4 is 9.47 Å². The van der Waals surface area contributed by atoms with Gasteiger partial charge in [0.1, 0.15) is 11.5 Å². The van der Waals surface area contributed by atoms with Gasteiger partial charge in [0.2, 0.25) is 0 Å². The Morgan fingerprint density at radius 3 is 1.67 bits per heavy atom. The van der Waals surface area contributed by atoms with Gasteiger partial charge in [-0.15, -0.1) is 0 Å². The van der Waals surface area contributed by atoms with E-state index in [9.17, 15) is 4.79 Å². The standard InChI is InChI=1S/C23H21O4/c1-25-19-10-4-16(5-11-19)22(17-6-12-20(26-2)13-7-17)23(24)18-8-14-21(27-3)15-9-18/h4-15H,1-3H3/q+1/p+1. The van der Waals surface area contributed by atoms with Crippen LogP contribution in [0.5, 0.6) is 11.5 Å². The van der Waals surface area contributed by atoms with Gasteiger partial charge in [0, 0.05) is 12.2 Å². The molecule has 136 valence electrons. The van der Waals surface area contributed by atoms with E-state index < -0.39 is 0 Å². The molecule has 1 N–H and O–H groups in total. The van der Waals surface area contributed by atoms with E-state index in [1.165, 1.54) is 0 Å². The zero-order valence-corrected chi connectivity index (χ0v) is 15.6. The molecule has 0 amide bonds. The predicted molar refractivity (Wildman–Crippen MR) is 108 cm³/mol. The third-order valence-corrected chi connectivity index (χ3v) is 4.36. The zero-order chi connectivity index (χ0) is 19.2. The molecule has 0 saturated heterocycles. The first kappa shape index (κ1) is 18.4. The van der Waals surface area contributed by atoms with Crippen molar-refractivity contribution in [2.24, 2.45) is 0 Å². The topological polar surface area (TPSA) is 51.2 Å². The minimum Gasteiger partial charge on any atom is -0.497 e. The summed E-state index contributed by atoms with van der Waals surface area (Å²) >= 11 is 0. The van der Waals surface area contributed by atoms with Crippen LogP contribution in [0.4, 0.5) is 0 Å². The maximum absolute atomic E-state index is 11.1. The highest BCUT2D eigenvalue weighted by molar-refractivity contribution is 6.31. The molecule has 0 fully saturated rings. The minimum absolute atomic E-state index is 0.188. The molecule has 2 aromatic rings. The summed E-state index contributed by atoms with van der Waals surface area (Å²) in [4.78, 5) is 11.1. The monoisotopic (exact) mass is 362 g/mol. The number of ketones is 2. The molecular formula is C23H22O4+2. The fraction of sp³-hybridized carbons (Fsp3) is 0.130. The lowest BCUT2D eigenvalue weighted by molar-refractivity contribution is -0.417. The fourth-order valence-corrected chi connectivity index (χ4v) is 2.85. The van der Waals surface area contributed by atoms with E-state index >= 15 is 0 Å². The van der Waals surface area contributed by atoms with Crippen LogP contribution in [-0.4, -0.2) is 37.7 Å². The van der Waals surface area contributed by atoms with Crippen LogP contribution in [-0.2, 0) is 4.42 Å². The maximum atomic E-state index is 11.1. The Balaban J connectivity index is 2.09. The quantitative estimate of drug-likeness (QED) is 0.460. The molecule has 1 aliphatic carbocycles. The highest BCUT2D eigenvalue weighted by atomic mass is 16.5. The fourth-order valence-electron chi connectivity index (χ4n) is 2.85. The Morgan fingerprint density at radius 1 is 0.741 bits per heavy atom. The van der Waals surface area contributed by atoms with E-state index in [0.717, 1.165) is 34.0 Å². The van der Waals surface area contributed by atoms with Crippen molar-refractivity contribution in [3.8, 4) is 11.5 Å². The van der Waals surface area contributed by atoms with Gasteiger partial charge in [0.15, 0.2) is 0 Å². The van der Waals surface area contributed by atoms with Crippen molar-refractivity contribution in [3.05, 3.63) is 89.5 Å². The molecule has 0 aromatic heterocycles. The largest absolute Gasteiger partial charge is 0.497 e. The van der Waals surface area contributed by atoms with Crippen LogP contribution in [0.1, 0.15) is 11.1 Å². The summed E-state index contributed by atoms with van der Waals surface area (Å²) in [6.45, 7) is 0. The summed E-state index contributed by atoms with van der Waals surface area (Å²) in [5.41, 5.74) is 3.20. The number of hydrogen-bond donors (Lipinski definition) is 0. The van der Waals surface area contributed by atoms with Gasteiger partial charge >= 0.3 is 11.6 Å². The molecule has 4 nitrogen and oxygen atoms in total. The van der Waals surface area contributed by atoms with Crippen LogP contribution in [0.25, 0.3) is 5.57 Å². The Labute approximate surface area is 158 Å². The van der Waals surface area contributed by atoms with Crippen molar-refractivity contribution in [1.29, 1.82) is 0 Å². The Bertz CT molecular complexity index is 925. The van der Waals surface area contributed by atoms with Gasteiger partial charge in [-0.3, -0.25) is 9.22 Å². The van der Waals surface area contributed by atoms with Crippen LogP contribution in [0.15, 0.2) is 78.4 Å². The van der Waals surface area contributed by atoms with Crippen molar-refractivity contribution in [1.82, 2.24) is 0 Å². The van der Waals surface area contributed by atoms with Crippen molar-refractivity contribution in [2.45, 2.75) is 0 Å². The molecule has 0 radical (unpaired) electrons. The number of carbonyl (C=O) groups excluding carboxylic acids is 2. The first-order valence-corrected chi connectivity index (χ1v) is 8.52. The minimum atomic E-state index is 0.188. The second-order valence-corrected chi connectivity index (χ2v) is 5.91. The third-order valence-electron chi connectivity index (χ3n) is 4.36. The number of ether oxygens (including phenoxy) is 2. The van der Waals surface area contributed by atoms with E-state index in [1.807, 2.05) is 72.8 Å². The van der Waals surface area contributed by atoms with E-state index in [4.69, 9.17) is 13.9 Å². The molecule has 0 aliphatic heterocycles. The molecule has 0 spiro atoms. The summed E-state index contributed by atoms with van der Waals surface area (Å²) in [5.74, 6) is 2.45. The average Bonchev–Trinajstić information content (AvgIpc) is 2.75. The highest BCUT2D eigenvalue weighted by Crippen LogP contribution is 2.28. The van der Waals surface area contributed by atoms with Crippen molar-refractivity contribution >= 4 is 17.1 Å². The van der Waals surface area contributed by atoms with Crippen LogP contribution in [0.3, 0.4) is 0 Å². The van der Waals surface area contributed by atoms with Crippen molar-refractivity contribution < 1.29 is 18.7 Å². The van der Waals surface area contributed by atoms with Crippen molar-refractivity contribution in [3.63, 3.8) is 0 Å². The molecule has 0 bridgehead atoms. The van der Waals surface area contributed by atoms with Gasteiger partial charge in [0.25, 0.3) is 7.11 Å². The molecule has 2 aromatic carbocycles. The van der Waals surface area contributed by atoms with Gasteiger partial charge in [-0.25, -0.2) is 0 Å². The van der Waals surface area contributed by atoms with E-state index in [2.05, 4.69) is 0 Å². The molecule has 0 atom stereocenters. The summed E-state index contributed by atoms with van der Waals surface area (Å²) in [7, 11) is 4.87. The third kappa shape index (κ3) is 4.06. The second-order valence-electron chi connectivity index (χ2n) is 5.91. The van der Waals surface area contributed by atoms with Gasteiger partial charge in [-0.05, 0) is 59.7 Å². The van der Waals surface area contributed by atoms with Crippen LogP contribution >= 0.6 is 0 Å². The maximum Gasteiger partial charge on any atom is 0.355 e. The summed E-state index contributed by atoms with van der Waals surface area (Å²) in [6.07, 6.45) is 7.61. The Morgan fingerprint density at radius 2 is 1.22 bits per heavy atom. The SMILES string of the molecule is COc1ccc(C(=[OH+])C(=C2C=CC(=[O+]C)C=C2)c2ccc(OC)cc2)cc1. The number of methoxy groups -OCH3 is 2. The summed E-state index contributed by atoms with van der Waals surface area (Å²) in [6, 6.07) is 14.9.